The quantitative estimate of drug-likeness (QED) is 0.888. The van der Waals surface area contributed by atoms with Crippen molar-refractivity contribution in [2.75, 3.05) is 10.6 Å². The Bertz CT molecular complexity index is 783. The van der Waals surface area contributed by atoms with Crippen LogP contribution in [0.2, 0.25) is 0 Å². The molecule has 1 aromatic carbocycles. The Kier molecular flexibility index (Phi) is 4.24. The van der Waals surface area contributed by atoms with Crippen LogP contribution in [0.4, 0.5) is 16.2 Å². The van der Waals surface area contributed by atoms with Gasteiger partial charge in [0.05, 0.1) is 17.9 Å². The molecule has 2 heterocycles. The molecule has 0 fully saturated rings. The van der Waals surface area contributed by atoms with Crippen LogP contribution in [0, 0.1) is 0 Å². The number of urea groups is 1. The van der Waals surface area contributed by atoms with Crippen LogP contribution in [0.3, 0.4) is 0 Å². The van der Waals surface area contributed by atoms with Gasteiger partial charge in [-0.2, -0.15) is 5.10 Å². The molecular formula is C17H21N5O2. The van der Waals surface area contributed by atoms with Gasteiger partial charge in [0.25, 0.3) is 0 Å². The van der Waals surface area contributed by atoms with Crippen LogP contribution < -0.4 is 10.6 Å². The van der Waals surface area contributed by atoms with Gasteiger partial charge in [-0.3, -0.25) is 9.48 Å². The standard InChI is InChI=1S/C17H21N5O2/c1-4-13-15(10-21(3)20-13)19-17(24)22-9-12-7-5-6-8-14(12)18-16(23)11(22)2/h5-8,10-11H,4,9H2,1-3H3,(H,18,23)(H,19,24). The van der Waals surface area contributed by atoms with E-state index in [1.807, 2.05) is 38.2 Å². The zero-order valence-electron chi connectivity index (χ0n) is 14.0. The van der Waals surface area contributed by atoms with Crippen molar-refractivity contribution in [1.29, 1.82) is 0 Å². The molecule has 0 radical (unpaired) electrons. The molecule has 1 aliphatic rings. The second kappa shape index (κ2) is 6.35. The van der Waals surface area contributed by atoms with Crippen LogP contribution >= 0.6 is 0 Å². The molecule has 1 aliphatic heterocycles. The molecule has 0 bridgehead atoms. The average Bonchev–Trinajstić information content (AvgIpc) is 2.86. The lowest BCUT2D eigenvalue weighted by Gasteiger charge is -2.25. The molecule has 7 nitrogen and oxygen atoms in total. The van der Waals surface area contributed by atoms with Gasteiger partial charge in [0, 0.05) is 18.9 Å². The predicted octanol–water partition coefficient (Wildman–Crippen LogP) is 2.36. The summed E-state index contributed by atoms with van der Waals surface area (Å²) in [7, 11) is 1.81. The highest BCUT2D eigenvalue weighted by atomic mass is 16.2. The summed E-state index contributed by atoms with van der Waals surface area (Å²) in [6.45, 7) is 4.07. The molecular weight excluding hydrogens is 306 g/mol. The van der Waals surface area contributed by atoms with Gasteiger partial charge in [0.1, 0.15) is 6.04 Å². The highest BCUT2D eigenvalue weighted by Crippen LogP contribution is 2.24. The van der Waals surface area contributed by atoms with Gasteiger partial charge in [-0.15, -0.1) is 0 Å². The number of nitrogens with one attached hydrogen (secondary N) is 2. The average molecular weight is 327 g/mol. The number of hydrogen-bond donors (Lipinski definition) is 2. The van der Waals surface area contributed by atoms with Crippen LogP contribution in [0.25, 0.3) is 0 Å². The molecule has 126 valence electrons. The third kappa shape index (κ3) is 2.97. The fourth-order valence-electron chi connectivity index (χ4n) is 2.81. The van der Waals surface area contributed by atoms with E-state index in [0.717, 1.165) is 23.4 Å². The molecule has 1 unspecified atom stereocenters. The minimum absolute atomic E-state index is 0.197. The van der Waals surface area contributed by atoms with Gasteiger partial charge in [-0.05, 0) is 25.0 Å². The second-order valence-electron chi connectivity index (χ2n) is 5.90. The van der Waals surface area contributed by atoms with Gasteiger partial charge >= 0.3 is 6.03 Å². The number of carbonyl (C=O) groups is 2. The van der Waals surface area contributed by atoms with E-state index in [4.69, 9.17) is 0 Å². The highest BCUT2D eigenvalue weighted by molar-refractivity contribution is 6.00. The summed E-state index contributed by atoms with van der Waals surface area (Å²) in [5.74, 6) is -0.197. The van der Waals surface area contributed by atoms with E-state index < -0.39 is 6.04 Å². The van der Waals surface area contributed by atoms with E-state index in [0.29, 0.717) is 12.2 Å². The molecule has 1 atom stereocenters. The van der Waals surface area contributed by atoms with Gasteiger partial charge in [-0.1, -0.05) is 25.1 Å². The van der Waals surface area contributed by atoms with E-state index >= 15 is 0 Å². The smallest absolute Gasteiger partial charge is 0.322 e. The summed E-state index contributed by atoms with van der Waals surface area (Å²) in [4.78, 5) is 26.6. The predicted molar refractivity (Wildman–Crippen MR) is 91.7 cm³/mol. The van der Waals surface area contributed by atoms with E-state index in [-0.39, 0.29) is 11.9 Å². The number of amides is 3. The van der Waals surface area contributed by atoms with Crippen molar-refractivity contribution < 1.29 is 9.59 Å². The summed E-state index contributed by atoms with van der Waals surface area (Å²) in [5, 5.41) is 10.1. The van der Waals surface area contributed by atoms with Crippen LogP contribution in [0.1, 0.15) is 25.1 Å². The first-order valence-electron chi connectivity index (χ1n) is 7.98. The molecule has 1 aromatic heterocycles. The minimum Gasteiger partial charge on any atom is -0.324 e. The number of anilines is 2. The number of hydrogen-bond acceptors (Lipinski definition) is 3. The monoisotopic (exact) mass is 327 g/mol. The normalized spacial score (nSPS) is 17.0. The molecule has 2 N–H and O–H groups in total. The Hall–Kier alpha value is -2.83. The lowest BCUT2D eigenvalue weighted by molar-refractivity contribution is -0.119. The summed E-state index contributed by atoms with van der Waals surface area (Å²) in [6, 6.07) is 6.64. The van der Waals surface area contributed by atoms with Gasteiger partial charge < -0.3 is 15.5 Å². The van der Waals surface area contributed by atoms with Crippen molar-refractivity contribution in [3.8, 4) is 0 Å². The molecule has 24 heavy (non-hydrogen) atoms. The first-order chi connectivity index (χ1) is 11.5. The van der Waals surface area contributed by atoms with Gasteiger partial charge in [0.2, 0.25) is 5.91 Å². The number of rotatable bonds is 2. The Labute approximate surface area is 140 Å². The van der Waals surface area contributed by atoms with Crippen molar-refractivity contribution in [2.24, 2.45) is 7.05 Å². The fourth-order valence-corrected chi connectivity index (χ4v) is 2.81. The number of aromatic nitrogens is 2. The molecule has 0 aliphatic carbocycles. The molecule has 3 amide bonds. The van der Waals surface area contributed by atoms with Crippen LogP contribution in [-0.2, 0) is 24.8 Å². The molecule has 0 spiro atoms. The Morgan fingerprint density at radius 3 is 2.92 bits per heavy atom. The van der Waals surface area contributed by atoms with Crippen LogP contribution in [0.15, 0.2) is 30.5 Å². The zero-order valence-corrected chi connectivity index (χ0v) is 14.0. The lowest BCUT2D eigenvalue weighted by Crippen LogP contribution is -2.45. The number of benzene rings is 1. The van der Waals surface area contributed by atoms with Crippen molar-refractivity contribution in [2.45, 2.75) is 32.9 Å². The third-order valence-electron chi connectivity index (χ3n) is 4.21. The van der Waals surface area contributed by atoms with Crippen molar-refractivity contribution in [3.63, 3.8) is 0 Å². The van der Waals surface area contributed by atoms with Crippen molar-refractivity contribution >= 4 is 23.3 Å². The number of aryl methyl sites for hydroxylation is 2. The van der Waals surface area contributed by atoms with Gasteiger partial charge in [0.15, 0.2) is 0 Å². The summed E-state index contributed by atoms with van der Waals surface area (Å²) < 4.78 is 1.67. The maximum atomic E-state index is 12.8. The van der Waals surface area contributed by atoms with Crippen molar-refractivity contribution in [3.05, 3.63) is 41.7 Å². The third-order valence-corrected chi connectivity index (χ3v) is 4.21. The van der Waals surface area contributed by atoms with E-state index in [1.54, 1.807) is 17.8 Å². The highest BCUT2D eigenvalue weighted by Gasteiger charge is 2.30. The molecule has 0 saturated carbocycles. The van der Waals surface area contributed by atoms with E-state index in [9.17, 15) is 9.59 Å². The summed E-state index contributed by atoms with van der Waals surface area (Å²) >= 11 is 0. The number of fused-ring (bicyclic) bond motifs is 1. The van der Waals surface area contributed by atoms with E-state index in [1.165, 1.54) is 4.90 Å². The first kappa shape index (κ1) is 16.0. The molecule has 3 rings (SSSR count). The zero-order chi connectivity index (χ0) is 17.3. The van der Waals surface area contributed by atoms with Crippen molar-refractivity contribution in [1.82, 2.24) is 14.7 Å². The topological polar surface area (TPSA) is 79.3 Å². The molecule has 0 saturated heterocycles. The Morgan fingerprint density at radius 1 is 1.42 bits per heavy atom. The molecule has 7 heteroatoms. The fraction of sp³-hybridized carbons (Fsp3) is 0.353. The van der Waals surface area contributed by atoms with Gasteiger partial charge in [-0.25, -0.2) is 4.79 Å². The SMILES string of the molecule is CCc1nn(C)cc1NC(=O)N1Cc2ccccc2NC(=O)C1C. The minimum atomic E-state index is -0.570. The maximum absolute atomic E-state index is 12.8. The van der Waals surface area contributed by atoms with Crippen LogP contribution in [-0.4, -0.2) is 32.7 Å². The molecule has 2 aromatic rings. The lowest BCUT2D eigenvalue weighted by atomic mass is 10.1. The largest absolute Gasteiger partial charge is 0.324 e. The second-order valence-corrected chi connectivity index (χ2v) is 5.90. The maximum Gasteiger partial charge on any atom is 0.322 e. The summed E-state index contributed by atoms with van der Waals surface area (Å²) in [6.07, 6.45) is 2.49. The Morgan fingerprint density at radius 2 is 2.17 bits per heavy atom. The van der Waals surface area contributed by atoms with E-state index in [2.05, 4.69) is 15.7 Å². The first-order valence-corrected chi connectivity index (χ1v) is 7.98. The number of nitrogens with zero attached hydrogens (tertiary/aromatic N) is 3. The Balaban J connectivity index is 1.86. The number of carbonyl (C=O) groups excluding carboxylic acids is 2. The van der Waals surface area contributed by atoms with Crippen LogP contribution in [0.5, 0.6) is 0 Å². The number of para-hydroxylation sites is 1. The summed E-state index contributed by atoms with van der Waals surface area (Å²) in [5.41, 5.74) is 3.15.